The fraction of sp³-hybridized carbons (Fsp3) is 0.357. The van der Waals surface area contributed by atoms with E-state index in [2.05, 4.69) is 15.3 Å². The predicted octanol–water partition coefficient (Wildman–Crippen LogP) is 2.82. The molecule has 1 amide bonds. The Balaban J connectivity index is 2.23. The summed E-state index contributed by atoms with van der Waals surface area (Å²) in [6, 6.07) is 3.57. The summed E-state index contributed by atoms with van der Waals surface area (Å²) in [4.78, 5) is 20.4. The molecule has 0 unspecified atom stereocenters. The Morgan fingerprint density at radius 1 is 1.24 bits per heavy atom. The average molecular weight is 307 g/mol. The van der Waals surface area contributed by atoms with Gasteiger partial charge in [-0.25, -0.2) is 9.97 Å². The van der Waals surface area contributed by atoms with Crippen LogP contribution >= 0.6 is 11.3 Å². The highest BCUT2D eigenvalue weighted by Crippen LogP contribution is 2.30. The summed E-state index contributed by atoms with van der Waals surface area (Å²) in [6.07, 6.45) is 0. The van der Waals surface area contributed by atoms with Crippen LogP contribution in [0.15, 0.2) is 17.5 Å². The lowest BCUT2D eigenvalue weighted by molar-refractivity contribution is -0.118. The molecular weight excluding hydrogens is 290 g/mol. The molecule has 21 heavy (non-hydrogen) atoms. The summed E-state index contributed by atoms with van der Waals surface area (Å²) in [5.41, 5.74) is 0.669. The third-order valence-corrected chi connectivity index (χ3v) is 3.60. The van der Waals surface area contributed by atoms with E-state index >= 15 is 0 Å². The van der Waals surface area contributed by atoms with Crippen LogP contribution in [0.25, 0.3) is 10.7 Å². The zero-order valence-electron chi connectivity index (χ0n) is 12.3. The number of thiazole rings is 1. The third kappa shape index (κ3) is 3.49. The van der Waals surface area contributed by atoms with Gasteiger partial charge in [0.05, 0.1) is 14.2 Å². The lowest BCUT2D eigenvalue weighted by Crippen LogP contribution is -2.17. The van der Waals surface area contributed by atoms with Crippen molar-refractivity contribution in [2.24, 2.45) is 5.92 Å². The first-order valence-electron chi connectivity index (χ1n) is 6.41. The van der Waals surface area contributed by atoms with Crippen molar-refractivity contribution < 1.29 is 14.3 Å². The smallest absolute Gasteiger partial charge is 0.257 e. The number of carbonyl (C=O) groups excluding carboxylic acids is 1. The minimum absolute atomic E-state index is 0.0629. The molecule has 0 aliphatic carbocycles. The minimum Gasteiger partial charge on any atom is -0.491 e. The van der Waals surface area contributed by atoms with E-state index in [0.29, 0.717) is 28.1 Å². The first-order valence-corrected chi connectivity index (χ1v) is 7.29. The summed E-state index contributed by atoms with van der Waals surface area (Å²) in [5.74, 6) is 1.34. The van der Waals surface area contributed by atoms with Gasteiger partial charge in [-0.2, -0.15) is 0 Å². The van der Waals surface area contributed by atoms with Gasteiger partial charge < -0.3 is 14.8 Å². The van der Waals surface area contributed by atoms with Crippen molar-refractivity contribution in [2.45, 2.75) is 13.8 Å². The highest BCUT2D eigenvalue weighted by atomic mass is 32.1. The summed E-state index contributed by atoms with van der Waals surface area (Å²) < 4.78 is 10.3. The molecule has 2 aromatic rings. The Hall–Kier alpha value is -2.15. The second kappa shape index (κ2) is 6.53. The number of nitrogens with one attached hydrogen (secondary N) is 1. The van der Waals surface area contributed by atoms with Crippen LogP contribution < -0.4 is 14.8 Å². The number of pyridine rings is 1. The lowest BCUT2D eigenvalue weighted by atomic mass is 10.2. The van der Waals surface area contributed by atoms with E-state index in [0.717, 1.165) is 0 Å². The number of hydrogen-bond acceptors (Lipinski definition) is 6. The van der Waals surface area contributed by atoms with Crippen molar-refractivity contribution in [1.82, 2.24) is 9.97 Å². The van der Waals surface area contributed by atoms with E-state index in [1.165, 1.54) is 18.4 Å². The normalized spacial score (nSPS) is 10.5. The number of aromatic nitrogens is 2. The molecule has 0 bridgehead atoms. The quantitative estimate of drug-likeness (QED) is 0.919. The molecule has 112 valence electrons. The summed E-state index contributed by atoms with van der Waals surface area (Å²) in [5, 5.41) is 5.25. The molecule has 0 aromatic carbocycles. The van der Waals surface area contributed by atoms with Crippen LogP contribution in [0.5, 0.6) is 11.6 Å². The summed E-state index contributed by atoms with van der Waals surface area (Å²) >= 11 is 1.40. The predicted molar refractivity (Wildman–Crippen MR) is 81.9 cm³/mol. The topological polar surface area (TPSA) is 73.3 Å². The van der Waals surface area contributed by atoms with Crippen molar-refractivity contribution in [1.29, 1.82) is 0 Å². The number of amides is 1. The van der Waals surface area contributed by atoms with Crippen LogP contribution in [0.3, 0.4) is 0 Å². The van der Waals surface area contributed by atoms with Gasteiger partial charge in [-0.3, -0.25) is 4.79 Å². The Labute approximate surface area is 127 Å². The Bertz CT molecular complexity index is 640. The minimum atomic E-state index is -0.0886. The van der Waals surface area contributed by atoms with Crippen LogP contribution in [0.4, 0.5) is 5.82 Å². The SMILES string of the molecule is COc1ccc(-c2nc(NC(=O)C(C)C)cs2)nc1OC. The van der Waals surface area contributed by atoms with Gasteiger partial charge in [-0.1, -0.05) is 13.8 Å². The molecule has 0 radical (unpaired) electrons. The molecule has 7 heteroatoms. The molecule has 1 N–H and O–H groups in total. The van der Waals surface area contributed by atoms with E-state index in [1.807, 2.05) is 13.8 Å². The Morgan fingerprint density at radius 3 is 2.62 bits per heavy atom. The number of nitrogens with zero attached hydrogens (tertiary/aromatic N) is 2. The number of rotatable bonds is 5. The van der Waals surface area contributed by atoms with Crippen molar-refractivity contribution in [3.63, 3.8) is 0 Å². The number of ether oxygens (including phenoxy) is 2. The molecule has 2 rings (SSSR count). The number of carbonyl (C=O) groups is 1. The summed E-state index contributed by atoms with van der Waals surface area (Å²) in [6.45, 7) is 3.66. The van der Waals surface area contributed by atoms with Gasteiger partial charge in [0.25, 0.3) is 5.88 Å². The van der Waals surface area contributed by atoms with Crippen molar-refractivity contribution in [3.05, 3.63) is 17.5 Å². The third-order valence-electron chi connectivity index (χ3n) is 2.74. The van der Waals surface area contributed by atoms with E-state index in [4.69, 9.17) is 9.47 Å². The first-order chi connectivity index (χ1) is 10.0. The van der Waals surface area contributed by atoms with Gasteiger partial charge >= 0.3 is 0 Å². The number of anilines is 1. The van der Waals surface area contributed by atoms with Crippen LogP contribution in [0, 0.1) is 5.92 Å². The van der Waals surface area contributed by atoms with Crippen LogP contribution in [-0.2, 0) is 4.79 Å². The second-order valence-corrected chi connectivity index (χ2v) is 5.45. The molecule has 0 saturated carbocycles. The molecule has 2 heterocycles. The average Bonchev–Trinajstić information content (AvgIpc) is 2.94. The van der Waals surface area contributed by atoms with Gasteiger partial charge in [0, 0.05) is 11.3 Å². The molecule has 0 aliphatic heterocycles. The fourth-order valence-electron chi connectivity index (χ4n) is 1.57. The molecule has 0 saturated heterocycles. The largest absolute Gasteiger partial charge is 0.491 e. The first kappa shape index (κ1) is 15.2. The van der Waals surface area contributed by atoms with E-state index in [9.17, 15) is 4.79 Å². The molecule has 2 aromatic heterocycles. The van der Waals surface area contributed by atoms with Gasteiger partial charge in [-0.05, 0) is 12.1 Å². The standard InChI is InChI=1S/C14H17N3O3S/c1-8(2)12(18)16-11-7-21-14(17-11)9-5-6-10(19-3)13(15-9)20-4/h5-8H,1-4H3,(H,16,18). The molecular formula is C14H17N3O3S. The Morgan fingerprint density at radius 2 is 2.00 bits per heavy atom. The highest BCUT2D eigenvalue weighted by Gasteiger charge is 2.13. The second-order valence-electron chi connectivity index (χ2n) is 4.59. The molecule has 6 nitrogen and oxygen atoms in total. The molecule has 0 spiro atoms. The lowest BCUT2D eigenvalue weighted by Gasteiger charge is -2.07. The Kier molecular flexibility index (Phi) is 4.74. The number of methoxy groups -OCH3 is 2. The van der Waals surface area contributed by atoms with Crippen LogP contribution in [-0.4, -0.2) is 30.1 Å². The zero-order valence-corrected chi connectivity index (χ0v) is 13.2. The monoisotopic (exact) mass is 307 g/mol. The van der Waals surface area contributed by atoms with E-state index in [1.54, 1.807) is 24.6 Å². The maximum absolute atomic E-state index is 11.6. The zero-order chi connectivity index (χ0) is 15.4. The van der Waals surface area contributed by atoms with Crippen LogP contribution in [0.1, 0.15) is 13.8 Å². The van der Waals surface area contributed by atoms with Crippen LogP contribution in [0.2, 0.25) is 0 Å². The maximum Gasteiger partial charge on any atom is 0.257 e. The van der Waals surface area contributed by atoms with Gasteiger partial charge in [-0.15, -0.1) is 11.3 Å². The van der Waals surface area contributed by atoms with Crippen molar-refractivity contribution in [2.75, 3.05) is 19.5 Å². The van der Waals surface area contributed by atoms with Gasteiger partial charge in [0.15, 0.2) is 5.75 Å². The molecule has 0 atom stereocenters. The molecule has 0 fully saturated rings. The maximum atomic E-state index is 11.6. The molecule has 0 aliphatic rings. The highest BCUT2D eigenvalue weighted by molar-refractivity contribution is 7.13. The van der Waals surface area contributed by atoms with E-state index in [-0.39, 0.29) is 11.8 Å². The fourth-order valence-corrected chi connectivity index (χ4v) is 2.29. The van der Waals surface area contributed by atoms with Gasteiger partial charge in [0.2, 0.25) is 5.91 Å². The van der Waals surface area contributed by atoms with E-state index < -0.39 is 0 Å². The summed E-state index contributed by atoms with van der Waals surface area (Å²) in [7, 11) is 3.09. The van der Waals surface area contributed by atoms with Crippen molar-refractivity contribution in [3.8, 4) is 22.3 Å². The van der Waals surface area contributed by atoms with Gasteiger partial charge in [0.1, 0.15) is 16.5 Å². The number of hydrogen-bond donors (Lipinski definition) is 1. The van der Waals surface area contributed by atoms with Crippen molar-refractivity contribution >= 4 is 23.1 Å².